The predicted octanol–water partition coefficient (Wildman–Crippen LogP) is 12.6. The minimum absolute atomic E-state index is 0.229. The minimum Gasteiger partial charge on any atom is -0.456 e. The fraction of sp³-hybridized carbons (Fsp3) is 0.0435. The van der Waals surface area contributed by atoms with Crippen molar-refractivity contribution < 1.29 is 4.42 Å². The quantitative estimate of drug-likeness (QED) is 0.189. The second kappa shape index (κ2) is 11.1. The van der Waals surface area contributed by atoms with E-state index in [0.29, 0.717) is 5.92 Å². The first-order valence-electron chi connectivity index (χ1n) is 16.9. The van der Waals surface area contributed by atoms with Gasteiger partial charge in [-0.2, -0.15) is 0 Å². The zero-order valence-corrected chi connectivity index (χ0v) is 26.8. The van der Waals surface area contributed by atoms with Crippen LogP contribution in [0.3, 0.4) is 0 Å². The van der Waals surface area contributed by atoms with E-state index in [-0.39, 0.29) is 6.04 Å². The van der Waals surface area contributed by atoms with Gasteiger partial charge in [-0.25, -0.2) is 0 Å². The summed E-state index contributed by atoms with van der Waals surface area (Å²) in [7, 11) is 0. The SMILES string of the molecule is C1=CC2c3ccc4ccc(N(c5cccc(-c6ccccc6)c5)c5ccc6oc7ccccc7c6c5)cc4c3N(c3ccccc3)C2C=C1. The monoisotopic (exact) mass is 628 g/mol. The molecule has 3 heteroatoms. The lowest BCUT2D eigenvalue weighted by molar-refractivity contribution is 0.669. The van der Waals surface area contributed by atoms with Crippen LogP contribution < -0.4 is 9.80 Å². The molecule has 2 aliphatic rings. The topological polar surface area (TPSA) is 19.6 Å². The Morgan fingerprint density at radius 3 is 2.04 bits per heavy atom. The van der Waals surface area contributed by atoms with Crippen molar-refractivity contribution in [3.8, 4) is 11.1 Å². The van der Waals surface area contributed by atoms with Gasteiger partial charge in [-0.15, -0.1) is 0 Å². The molecule has 3 nitrogen and oxygen atoms in total. The smallest absolute Gasteiger partial charge is 0.135 e. The molecule has 0 saturated heterocycles. The molecule has 7 aromatic carbocycles. The zero-order valence-electron chi connectivity index (χ0n) is 26.8. The number of nitrogens with zero attached hydrogens (tertiary/aromatic N) is 2. The van der Waals surface area contributed by atoms with Crippen LogP contribution in [0.4, 0.5) is 28.4 Å². The predicted molar refractivity (Wildman–Crippen MR) is 205 cm³/mol. The van der Waals surface area contributed by atoms with Crippen molar-refractivity contribution in [2.75, 3.05) is 9.80 Å². The van der Waals surface area contributed by atoms with Gasteiger partial charge >= 0.3 is 0 Å². The molecule has 232 valence electrons. The molecular weight excluding hydrogens is 597 g/mol. The van der Waals surface area contributed by atoms with Gasteiger partial charge in [0.1, 0.15) is 11.2 Å². The molecule has 1 aliphatic carbocycles. The number of hydrogen-bond donors (Lipinski definition) is 0. The molecule has 0 N–H and O–H groups in total. The maximum absolute atomic E-state index is 6.25. The highest BCUT2D eigenvalue weighted by Gasteiger charge is 2.38. The van der Waals surface area contributed by atoms with Gasteiger partial charge in [0.05, 0.1) is 11.7 Å². The summed E-state index contributed by atoms with van der Waals surface area (Å²) in [6, 6.07) is 56.9. The molecular formula is C46H32N2O. The van der Waals surface area contributed by atoms with Crippen molar-refractivity contribution in [2.24, 2.45) is 0 Å². The minimum atomic E-state index is 0.229. The Morgan fingerprint density at radius 1 is 0.490 bits per heavy atom. The molecule has 8 aromatic rings. The van der Waals surface area contributed by atoms with Crippen LogP contribution in [0.2, 0.25) is 0 Å². The van der Waals surface area contributed by atoms with E-state index in [9.17, 15) is 0 Å². The van der Waals surface area contributed by atoms with Crippen LogP contribution in [0.15, 0.2) is 186 Å². The average molecular weight is 629 g/mol. The number of anilines is 5. The maximum Gasteiger partial charge on any atom is 0.135 e. The van der Waals surface area contributed by atoms with Crippen molar-refractivity contribution in [1.82, 2.24) is 0 Å². The fourth-order valence-electron chi connectivity index (χ4n) is 7.91. The average Bonchev–Trinajstić information content (AvgIpc) is 3.72. The van der Waals surface area contributed by atoms with Gasteiger partial charge in [0.15, 0.2) is 0 Å². The maximum atomic E-state index is 6.25. The van der Waals surface area contributed by atoms with Gasteiger partial charge in [0, 0.05) is 44.8 Å². The highest BCUT2D eigenvalue weighted by atomic mass is 16.3. The molecule has 10 rings (SSSR count). The largest absolute Gasteiger partial charge is 0.456 e. The number of para-hydroxylation sites is 2. The van der Waals surface area contributed by atoms with E-state index in [4.69, 9.17) is 4.42 Å². The second-order valence-electron chi connectivity index (χ2n) is 12.9. The Kier molecular flexibility index (Phi) is 6.31. The molecule has 1 aliphatic heterocycles. The third-order valence-corrected chi connectivity index (χ3v) is 10.1. The van der Waals surface area contributed by atoms with Crippen molar-refractivity contribution in [3.63, 3.8) is 0 Å². The summed E-state index contributed by atoms with van der Waals surface area (Å²) >= 11 is 0. The van der Waals surface area contributed by atoms with E-state index in [1.54, 1.807) is 0 Å². The van der Waals surface area contributed by atoms with Crippen molar-refractivity contribution in [3.05, 3.63) is 188 Å². The standard InChI is InChI=1S/C46H32N2O/c1-3-12-31(13-4-1)33-14-11-17-35(28-33)47(37-25-27-45-42(30-37)39-19-8-10-21-44(39)49-45)36-24-22-32-23-26-40-38-18-7-9-20-43(38)48(46(40)41(32)29-36)34-15-5-2-6-16-34/h1-30,38,43H. The lowest BCUT2D eigenvalue weighted by Crippen LogP contribution is -2.28. The number of rotatable bonds is 5. The number of benzene rings is 7. The third-order valence-electron chi connectivity index (χ3n) is 10.1. The lowest BCUT2D eigenvalue weighted by atomic mass is 9.90. The van der Waals surface area contributed by atoms with Gasteiger partial charge in [-0.1, -0.05) is 121 Å². The Bertz CT molecular complexity index is 2580. The van der Waals surface area contributed by atoms with Crippen molar-refractivity contribution in [1.29, 1.82) is 0 Å². The third kappa shape index (κ3) is 4.51. The molecule has 0 saturated carbocycles. The van der Waals surface area contributed by atoms with E-state index in [0.717, 1.165) is 39.0 Å². The molecule has 0 spiro atoms. The van der Waals surface area contributed by atoms with E-state index < -0.39 is 0 Å². The summed E-state index contributed by atoms with van der Waals surface area (Å²) in [6.45, 7) is 0. The first-order chi connectivity index (χ1) is 24.3. The normalized spacial score (nSPS) is 16.4. The van der Waals surface area contributed by atoms with E-state index in [1.807, 2.05) is 12.1 Å². The van der Waals surface area contributed by atoms with Gasteiger partial charge in [0.25, 0.3) is 0 Å². The molecule has 2 heterocycles. The van der Waals surface area contributed by atoms with Gasteiger partial charge in [-0.05, 0) is 82.7 Å². The number of allylic oxidation sites excluding steroid dienone is 2. The molecule has 1 aromatic heterocycles. The zero-order chi connectivity index (χ0) is 32.3. The summed E-state index contributed by atoms with van der Waals surface area (Å²) in [4.78, 5) is 4.93. The number of furan rings is 1. The summed E-state index contributed by atoms with van der Waals surface area (Å²) in [5.41, 5.74) is 11.3. The van der Waals surface area contributed by atoms with Crippen LogP contribution in [0.5, 0.6) is 0 Å². The van der Waals surface area contributed by atoms with Crippen LogP contribution in [0.25, 0.3) is 43.8 Å². The van der Waals surface area contributed by atoms with Crippen LogP contribution >= 0.6 is 0 Å². The Hall–Kier alpha value is -6.32. The molecule has 0 fully saturated rings. The highest BCUT2D eigenvalue weighted by Crippen LogP contribution is 2.52. The first kappa shape index (κ1) is 27.8. The Labute approximate surface area is 285 Å². The number of fused-ring (bicyclic) bond motifs is 8. The molecule has 2 unspecified atom stereocenters. The van der Waals surface area contributed by atoms with Gasteiger partial charge < -0.3 is 14.2 Å². The van der Waals surface area contributed by atoms with Crippen LogP contribution in [0, 0.1) is 0 Å². The fourth-order valence-corrected chi connectivity index (χ4v) is 7.91. The van der Waals surface area contributed by atoms with Crippen LogP contribution in [-0.4, -0.2) is 6.04 Å². The Morgan fingerprint density at radius 2 is 1.16 bits per heavy atom. The van der Waals surface area contributed by atoms with Crippen molar-refractivity contribution >= 4 is 61.1 Å². The summed E-state index contributed by atoms with van der Waals surface area (Å²) in [6.07, 6.45) is 9.08. The van der Waals surface area contributed by atoms with Crippen molar-refractivity contribution in [2.45, 2.75) is 12.0 Å². The molecule has 49 heavy (non-hydrogen) atoms. The second-order valence-corrected chi connectivity index (χ2v) is 12.9. The molecule has 0 bridgehead atoms. The van der Waals surface area contributed by atoms with E-state index in [2.05, 4.69) is 180 Å². The highest BCUT2D eigenvalue weighted by molar-refractivity contribution is 6.07. The van der Waals surface area contributed by atoms with E-state index >= 15 is 0 Å². The van der Waals surface area contributed by atoms with Gasteiger partial charge in [0.2, 0.25) is 0 Å². The Balaban J connectivity index is 1.21. The molecule has 0 radical (unpaired) electrons. The molecule has 0 amide bonds. The molecule has 2 atom stereocenters. The number of hydrogen-bond acceptors (Lipinski definition) is 3. The van der Waals surface area contributed by atoms with E-state index in [1.165, 1.54) is 38.8 Å². The summed E-state index contributed by atoms with van der Waals surface area (Å²) < 4.78 is 6.25. The first-order valence-corrected chi connectivity index (χ1v) is 16.9. The lowest BCUT2D eigenvalue weighted by Gasteiger charge is -2.30. The summed E-state index contributed by atoms with van der Waals surface area (Å²) in [5, 5.41) is 4.70. The van der Waals surface area contributed by atoms with Crippen LogP contribution in [-0.2, 0) is 0 Å². The van der Waals surface area contributed by atoms with Crippen LogP contribution in [0.1, 0.15) is 11.5 Å². The summed E-state index contributed by atoms with van der Waals surface area (Å²) in [5.74, 6) is 0.295. The van der Waals surface area contributed by atoms with Gasteiger partial charge in [-0.3, -0.25) is 0 Å².